The van der Waals surface area contributed by atoms with Gasteiger partial charge in [0.05, 0.1) is 11.4 Å². The monoisotopic (exact) mass is 260 g/mol. The molecule has 1 aromatic carbocycles. The summed E-state index contributed by atoms with van der Waals surface area (Å²) in [4.78, 5) is 0. The minimum Gasteiger partial charge on any atom is -0.382 e. The van der Waals surface area contributed by atoms with Crippen LogP contribution in [0.15, 0.2) is 30.6 Å². The second-order valence-electron chi connectivity index (χ2n) is 5.38. The lowest BCUT2D eigenvalue weighted by atomic mass is 10.1. The standard InChI is InChI=1S/C13H20N6/c1-13(2,3)15-9-8-14-11-6-4-5-7-12(11)19-10-16-17-18-19/h4-7,10,14-15H,8-9H2,1-3H3. The van der Waals surface area contributed by atoms with Crippen molar-refractivity contribution in [3.8, 4) is 5.69 Å². The maximum atomic E-state index is 3.91. The molecule has 0 bridgehead atoms. The lowest BCUT2D eigenvalue weighted by Gasteiger charge is -2.21. The Labute approximate surface area is 113 Å². The molecule has 0 aliphatic rings. The van der Waals surface area contributed by atoms with E-state index in [9.17, 15) is 0 Å². The summed E-state index contributed by atoms with van der Waals surface area (Å²) in [5.74, 6) is 0. The summed E-state index contributed by atoms with van der Waals surface area (Å²) in [7, 11) is 0. The van der Waals surface area contributed by atoms with Crippen molar-refractivity contribution in [1.82, 2.24) is 25.5 Å². The van der Waals surface area contributed by atoms with Gasteiger partial charge in [-0.25, -0.2) is 0 Å². The Kier molecular flexibility index (Phi) is 4.11. The predicted molar refractivity (Wildman–Crippen MR) is 75.4 cm³/mol. The summed E-state index contributed by atoms with van der Waals surface area (Å²) in [6.07, 6.45) is 1.59. The summed E-state index contributed by atoms with van der Waals surface area (Å²) in [5.41, 5.74) is 2.10. The second kappa shape index (κ2) is 5.79. The van der Waals surface area contributed by atoms with E-state index in [0.29, 0.717) is 0 Å². The number of rotatable bonds is 5. The highest BCUT2D eigenvalue weighted by Crippen LogP contribution is 2.17. The molecule has 0 saturated carbocycles. The van der Waals surface area contributed by atoms with E-state index in [1.807, 2.05) is 24.3 Å². The molecule has 0 radical (unpaired) electrons. The molecule has 1 heterocycles. The van der Waals surface area contributed by atoms with Crippen molar-refractivity contribution in [3.05, 3.63) is 30.6 Å². The maximum absolute atomic E-state index is 3.91. The molecule has 0 fully saturated rings. The molecule has 19 heavy (non-hydrogen) atoms. The minimum atomic E-state index is 0.136. The zero-order valence-electron chi connectivity index (χ0n) is 11.6. The van der Waals surface area contributed by atoms with Crippen LogP contribution in [0.1, 0.15) is 20.8 Å². The third-order valence-electron chi connectivity index (χ3n) is 2.60. The van der Waals surface area contributed by atoms with Gasteiger partial charge in [0, 0.05) is 18.6 Å². The smallest absolute Gasteiger partial charge is 0.143 e. The lowest BCUT2D eigenvalue weighted by Crippen LogP contribution is -2.38. The van der Waals surface area contributed by atoms with Gasteiger partial charge in [-0.15, -0.1) is 5.10 Å². The Morgan fingerprint density at radius 3 is 2.63 bits per heavy atom. The van der Waals surface area contributed by atoms with Gasteiger partial charge in [-0.1, -0.05) is 12.1 Å². The summed E-state index contributed by atoms with van der Waals surface area (Å²) in [6, 6.07) is 7.97. The highest BCUT2D eigenvalue weighted by molar-refractivity contribution is 5.60. The van der Waals surface area contributed by atoms with Crippen LogP contribution in [-0.4, -0.2) is 38.8 Å². The van der Waals surface area contributed by atoms with Gasteiger partial charge >= 0.3 is 0 Å². The summed E-state index contributed by atoms with van der Waals surface area (Å²) < 4.78 is 1.65. The molecule has 0 atom stereocenters. The van der Waals surface area contributed by atoms with Crippen LogP contribution < -0.4 is 10.6 Å². The van der Waals surface area contributed by atoms with Gasteiger partial charge in [-0.2, -0.15) is 4.68 Å². The average Bonchev–Trinajstić information content (AvgIpc) is 2.88. The number of benzene rings is 1. The largest absolute Gasteiger partial charge is 0.382 e. The van der Waals surface area contributed by atoms with Crippen LogP contribution in [-0.2, 0) is 0 Å². The van der Waals surface area contributed by atoms with Gasteiger partial charge in [-0.3, -0.25) is 0 Å². The number of aromatic nitrogens is 4. The Hall–Kier alpha value is -1.95. The van der Waals surface area contributed by atoms with Crippen LogP contribution in [0.4, 0.5) is 5.69 Å². The first-order valence-corrected chi connectivity index (χ1v) is 6.37. The van der Waals surface area contributed by atoms with Gasteiger partial charge in [0.2, 0.25) is 0 Å². The molecule has 2 aromatic rings. The molecule has 2 rings (SSSR count). The average molecular weight is 260 g/mol. The van der Waals surface area contributed by atoms with E-state index >= 15 is 0 Å². The van der Waals surface area contributed by atoms with Gasteiger partial charge in [0.25, 0.3) is 0 Å². The fourth-order valence-corrected chi connectivity index (χ4v) is 1.73. The van der Waals surface area contributed by atoms with Crippen molar-refractivity contribution in [2.45, 2.75) is 26.3 Å². The first kappa shape index (κ1) is 13.5. The van der Waals surface area contributed by atoms with Gasteiger partial charge < -0.3 is 10.6 Å². The molecule has 6 heteroatoms. The summed E-state index contributed by atoms with van der Waals surface area (Å²) >= 11 is 0. The van der Waals surface area contributed by atoms with Crippen LogP contribution >= 0.6 is 0 Å². The van der Waals surface area contributed by atoms with E-state index in [1.165, 1.54) is 0 Å². The molecule has 2 N–H and O–H groups in total. The lowest BCUT2D eigenvalue weighted by molar-refractivity contribution is 0.435. The number of nitrogens with zero attached hydrogens (tertiary/aromatic N) is 4. The van der Waals surface area contributed by atoms with E-state index in [4.69, 9.17) is 0 Å². The molecular weight excluding hydrogens is 240 g/mol. The fourth-order valence-electron chi connectivity index (χ4n) is 1.73. The number of para-hydroxylation sites is 2. The Morgan fingerprint density at radius 2 is 1.95 bits per heavy atom. The van der Waals surface area contributed by atoms with E-state index < -0.39 is 0 Å². The van der Waals surface area contributed by atoms with Crippen LogP contribution in [0.2, 0.25) is 0 Å². The molecular formula is C13H20N6. The first-order chi connectivity index (χ1) is 9.06. The van der Waals surface area contributed by atoms with Crippen molar-refractivity contribution in [3.63, 3.8) is 0 Å². The highest BCUT2D eigenvalue weighted by Gasteiger charge is 2.08. The third-order valence-corrected chi connectivity index (χ3v) is 2.60. The molecule has 0 aliphatic heterocycles. The second-order valence-corrected chi connectivity index (χ2v) is 5.38. The topological polar surface area (TPSA) is 67.7 Å². The van der Waals surface area contributed by atoms with Gasteiger partial charge in [-0.05, 0) is 43.3 Å². The first-order valence-electron chi connectivity index (χ1n) is 6.37. The molecule has 0 saturated heterocycles. The molecule has 6 nitrogen and oxygen atoms in total. The summed E-state index contributed by atoms with van der Waals surface area (Å²) in [6.45, 7) is 8.20. The number of anilines is 1. The number of tetrazole rings is 1. The SMILES string of the molecule is CC(C)(C)NCCNc1ccccc1-n1cnnn1. The van der Waals surface area contributed by atoms with Gasteiger partial charge in [0.15, 0.2) is 0 Å². The zero-order chi connectivity index (χ0) is 13.7. The Morgan fingerprint density at radius 1 is 1.16 bits per heavy atom. The van der Waals surface area contributed by atoms with Crippen molar-refractivity contribution in [2.75, 3.05) is 18.4 Å². The predicted octanol–water partition coefficient (Wildman–Crippen LogP) is 1.46. The zero-order valence-corrected chi connectivity index (χ0v) is 11.6. The Bertz CT molecular complexity index is 500. The normalized spacial score (nSPS) is 11.5. The molecule has 102 valence electrons. The van der Waals surface area contributed by atoms with Crippen LogP contribution in [0.3, 0.4) is 0 Å². The van der Waals surface area contributed by atoms with E-state index in [-0.39, 0.29) is 5.54 Å². The van der Waals surface area contributed by atoms with Crippen LogP contribution in [0.25, 0.3) is 5.69 Å². The van der Waals surface area contributed by atoms with E-state index in [2.05, 4.69) is 46.9 Å². The van der Waals surface area contributed by atoms with E-state index in [0.717, 1.165) is 24.5 Å². The number of hydrogen-bond donors (Lipinski definition) is 2. The highest BCUT2D eigenvalue weighted by atomic mass is 15.5. The fraction of sp³-hybridized carbons (Fsp3) is 0.462. The van der Waals surface area contributed by atoms with Crippen molar-refractivity contribution in [2.24, 2.45) is 0 Å². The van der Waals surface area contributed by atoms with E-state index in [1.54, 1.807) is 11.0 Å². The molecule has 1 aromatic heterocycles. The quantitative estimate of drug-likeness (QED) is 0.797. The summed E-state index contributed by atoms with van der Waals surface area (Å²) in [5, 5.41) is 18.1. The molecule has 0 aliphatic carbocycles. The Balaban J connectivity index is 1.97. The molecule has 0 amide bonds. The van der Waals surface area contributed by atoms with Crippen molar-refractivity contribution >= 4 is 5.69 Å². The van der Waals surface area contributed by atoms with Crippen molar-refractivity contribution in [1.29, 1.82) is 0 Å². The maximum Gasteiger partial charge on any atom is 0.143 e. The number of nitrogens with one attached hydrogen (secondary N) is 2. The molecule has 0 spiro atoms. The molecule has 0 unspecified atom stereocenters. The number of hydrogen-bond acceptors (Lipinski definition) is 5. The minimum absolute atomic E-state index is 0.136. The van der Waals surface area contributed by atoms with Gasteiger partial charge in [0.1, 0.15) is 6.33 Å². The van der Waals surface area contributed by atoms with Crippen LogP contribution in [0, 0.1) is 0 Å². The van der Waals surface area contributed by atoms with Crippen LogP contribution in [0.5, 0.6) is 0 Å². The van der Waals surface area contributed by atoms with Crippen molar-refractivity contribution < 1.29 is 0 Å². The third kappa shape index (κ3) is 4.03.